The zero-order valence-electron chi connectivity index (χ0n) is 13.8. The highest BCUT2D eigenvalue weighted by atomic mass is 16.6. The van der Waals surface area contributed by atoms with Crippen molar-refractivity contribution < 1.29 is 24.2 Å². The largest absolute Gasteiger partial charge is 0.464 e. The molecule has 2 aromatic rings. The molecule has 2 rings (SSSR count). The molecule has 0 aliphatic carbocycles. The topological polar surface area (TPSA) is 203 Å². The summed E-state index contributed by atoms with van der Waals surface area (Å²) in [5, 5.41) is 27.9. The third-order valence-corrected chi connectivity index (χ3v) is 2.84. The first-order chi connectivity index (χ1) is 12.1. The van der Waals surface area contributed by atoms with Crippen molar-refractivity contribution in [1.29, 1.82) is 0 Å². The minimum Gasteiger partial charge on any atom is -0.464 e. The van der Waals surface area contributed by atoms with Gasteiger partial charge >= 0.3 is 17.6 Å². The predicted molar refractivity (Wildman–Crippen MR) is 82.7 cm³/mol. The number of ether oxygens (including phenoxy) is 1. The van der Waals surface area contributed by atoms with E-state index < -0.39 is 21.7 Å². The van der Waals surface area contributed by atoms with E-state index in [-0.39, 0.29) is 23.0 Å². The molecule has 15 heteroatoms. The van der Waals surface area contributed by atoms with Crippen molar-refractivity contribution in [2.75, 3.05) is 7.11 Å². The zero-order valence-corrected chi connectivity index (χ0v) is 13.8. The maximum absolute atomic E-state index is 10.9. The van der Waals surface area contributed by atoms with Gasteiger partial charge < -0.3 is 25.0 Å². The second-order valence-corrected chi connectivity index (χ2v) is 4.50. The van der Waals surface area contributed by atoms with E-state index in [0.29, 0.717) is 0 Å². The van der Waals surface area contributed by atoms with Gasteiger partial charge in [-0.25, -0.2) is 10.6 Å². The maximum Gasteiger partial charge on any atom is 0.360 e. The molecular formula is C11H14N8O7. The van der Waals surface area contributed by atoms with E-state index in [1.165, 1.54) is 21.2 Å². The molecule has 0 fully saturated rings. The van der Waals surface area contributed by atoms with Gasteiger partial charge in [0.2, 0.25) is 0 Å². The van der Waals surface area contributed by atoms with Crippen LogP contribution in [0.15, 0.2) is 12.1 Å². The van der Waals surface area contributed by atoms with Crippen LogP contribution in [-0.2, 0) is 18.8 Å². The molecule has 0 aliphatic heterocycles. The van der Waals surface area contributed by atoms with Crippen LogP contribution in [-0.4, -0.2) is 48.4 Å². The molecule has 0 atom stereocenters. The van der Waals surface area contributed by atoms with Gasteiger partial charge in [-0.05, 0) is 9.85 Å². The molecular weight excluding hydrogens is 356 g/mol. The molecule has 140 valence electrons. The fourth-order valence-electron chi connectivity index (χ4n) is 1.65. The number of esters is 1. The highest BCUT2D eigenvalue weighted by molar-refractivity contribution is 5.92. The van der Waals surface area contributed by atoms with Crippen LogP contribution in [0.3, 0.4) is 0 Å². The molecule has 0 radical (unpaired) electrons. The van der Waals surface area contributed by atoms with E-state index >= 15 is 0 Å². The number of amides is 1. The van der Waals surface area contributed by atoms with Gasteiger partial charge in [0.25, 0.3) is 5.91 Å². The number of hydrazine groups is 1. The Morgan fingerprint density at radius 1 is 1.08 bits per heavy atom. The van der Waals surface area contributed by atoms with E-state index in [1.807, 2.05) is 5.43 Å². The molecule has 0 spiro atoms. The molecule has 15 nitrogen and oxygen atoms in total. The van der Waals surface area contributed by atoms with Crippen LogP contribution < -0.4 is 11.3 Å². The van der Waals surface area contributed by atoms with Crippen molar-refractivity contribution >= 4 is 23.5 Å². The number of nitrogen functional groups attached to an aromatic ring is 1. The lowest BCUT2D eigenvalue weighted by Crippen LogP contribution is -2.30. The second-order valence-electron chi connectivity index (χ2n) is 4.50. The monoisotopic (exact) mass is 370 g/mol. The van der Waals surface area contributed by atoms with Crippen LogP contribution in [0, 0.1) is 20.2 Å². The number of aromatic nitrogens is 4. The maximum atomic E-state index is 10.9. The Morgan fingerprint density at radius 3 is 1.85 bits per heavy atom. The Kier molecular flexibility index (Phi) is 6.43. The predicted octanol–water partition coefficient (Wildman–Crippen LogP) is -0.953. The van der Waals surface area contributed by atoms with E-state index in [0.717, 1.165) is 21.5 Å². The van der Waals surface area contributed by atoms with Crippen molar-refractivity contribution in [3.8, 4) is 0 Å². The number of carbonyl (C=O) groups is 2. The van der Waals surface area contributed by atoms with Gasteiger partial charge in [0.05, 0.1) is 19.2 Å². The molecule has 0 saturated carbocycles. The van der Waals surface area contributed by atoms with Gasteiger partial charge in [0.1, 0.15) is 14.1 Å². The van der Waals surface area contributed by atoms with E-state index in [1.54, 1.807) is 0 Å². The van der Waals surface area contributed by atoms with Gasteiger partial charge in [-0.1, -0.05) is 10.2 Å². The molecule has 3 N–H and O–H groups in total. The third kappa shape index (κ3) is 4.57. The summed E-state index contributed by atoms with van der Waals surface area (Å²) < 4.78 is 6.34. The number of nitrogens with one attached hydrogen (secondary N) is 1. The number of nitrogens with zero attached hydrogens (tertiary/aromatic N) is 6. The lowest BCUT2D eigenvalue weighted by atomic mass is 10.4. The number of methoxy groups -OCH3 is 1. The van der Waals surface area contributed by atoms with Crippen molar-refractivity contribution in [3.63, 3.8) is 0 Å². The van der Waals surface area contributed by atoms with Crippen LogP contribution in [0.2, 0.25) is 0 Å². The van der Waals surface area contributed by atoms with Crippen LogP contribution >= 0.6 is 0 Å². The summed E-state index contributed by atoms with van der Waals surface area (Å²) in [4.78, 5) is 41.2. The number of hydrogen-bond donors (Lipinski definition) is 2. The smallest absolute Gasteiger partial charge is 0.360 e. The Morgan fingerprint density at radius 2 is 1.50 bits per heavy atom. The molecule has 0 unspecified atom stereocenters. The summed E-state index contributed by atoms with van der Waals surface area (Å²) >= 11 is 0. The van der Waals surface area contributed by atoms with Crippen LogP contribution in [0.5, 0.6) is 0 Å². The van der Waals surface area contributed by atoms with Gasteiger partial charge in [0, 0.05) is 0 Å². The number of carbonyl (C=O) groups excluding carboxylic acids is 2. The summed E-state index contributed by atoms with van der Waals surface area (Å²) in [5.74, 6) is 2.95. The molecule has 2 heterocycles. The Labute approximate surface area is 144 Å². The summed E-state index contributed by atoms with van der Waals surface area (Å²) in [5.41, 5.74) is 1.66. The highest BCUT2D eigenvalue weighted by Gasteiger charge is 2.20. The Hall–Kier alpha value is -3.88. The lowest BCUT2D eigenvalue weighted by molar-refractivity contribution is -0.392. The summed E-state index contributed by atoms with van der Waals surface area (Å²) in [6.45, 7) is 0. The zero-order chi connectivity index (χ0) is 20.0. The van der Waals surface area contributed by atoms with Crippen molar-refractivity contribution in [2.24, 2.45) is 19.9 Å². The molecule has 2 aromatic heterocycles. The molecule has 0 aromatic carbocycles. The number of nitro groups is 2. The van der Waals surface area contributed by atoms with E-state index in [4.69, 9.17) is 5.84 Å². The second kappa shape index (κ2) is 8.29. The third-order valence-electron chi connectivity index (χ3n) is 2.84. The highest BCUT2D eigenvalue weighted by Crippen LogP contribution is 2.12. The van der Waals surface area contributed by atoms with Crippen molar-refractivity contribution in [1.82, 2.24) is 25.0 Å². The minimum absolute atomic E-state index is 0.0725. The van der Waals surface area contributed by atoms with E-state index in [2.05, 4.69) is 14.9 Å². The Balaban J connectivity index is 0.000000260. The van der Waals surface area contributed by atoms with Gasteiger partial charge in [0.15, 0.2) is 11.4 Å². The standard InChI is InChI=1S/C6H7N3O4.C5H7N5O3/c1-8-5(9(11)12)3-4(7-8)6(10)13-2;1-9-4(10(12)13)2-3(8-9)5(11)7-6/h3H,1-2H3;2H,6H2,1H3,(H,7,11). The van der Waals surface area contributed by atoms with Crippen molar-refractivity contribution in [2.45, 2.75) is 0 Å². The first kappa shape index (κ1) is 20.2. The normalized spacial score (nSPS) is 9.69. The SMILES string of the molecule is COC(=O)c1cc([N+](=O)[O-])n(C)n1.Cn1nc(C(=O)NN)cc1[N+](=O)[O-]. The fourth-order valence-corrected chi connectivity index (χ4v) is 1.65. The number of rotatable bonds is 4. The average molecular weight is 370 g/mol. The number of hydrogen-bond acceptors (Lipinski definition) is 10. The van der Waals surface area contributed by atoms with Crippen molar-refractivity contribution in [3.05, 3.63) is 43.7 Å². The lowest BCUT2D eigenvalue weighted by Gasteiger charge is -1.89. The number of aryl methyl sites for hydroxylation is 2. The quantitative estimate of drug-likeness (QED) is 0.222. The summed E-state index contributed by atoms with van der Waals surface area (Å²) in [6.07, 6.45) is 0. The molecule has 0 saturated heterocycles. The number of nitrogens with two attached hydrogens (primary N) is 1. The average Bonchev–Trinajstić information content (AvgIpc) is 3.17. The van der Waals surface area contributed by atoms with Crippen LogP contribution in [0.1, 0.15) is 21.0 Å². The summed E-state index contributed by atoms with van der Waals surface area (Å²) in [7, 11) is 3.93. The minimum atomic E-state index is -0.691. The van der Waals surface area contributed by atoms with Gasteiger partial charge in [-0.2, -0.15) is 0 Å². The van der Waals surface area contributed by atoms with Gasteiger partial charge in [-0.15, -0.1) is 9.36 Å². The molecule has 0 bridgehead atoms. The summed E-state index contributed by atoms with van der Waals surface area (Å²) in [6, 6.07) is 2.11. The first-order valence-corrected chi connectivity index (χ1v) is 6.58. The van der Waals surface area contributed by atoms with Crippen LogP contribution in [0.4, 0.5) is 11.6 Å². The molecule has 0 aliphatic rings. The Bertz CT molecular complexity index is 785. The van der Waals surface area contributed by atoms with Gasteiger partial charge in [-0.3, -0.25) is 10.2 Å². The van der Waals surface area contributed by atoms with Crippen LogP contribution in [0.25, 0.3) is 0 Å². The van der Waals surface area contributed by atoms with E-state index in [9.17, 15) is 29.8 Å². The molecule has 26 heavy (non-hydrogen) atoms. The fraction of sp³-hybridized carbons (Fsp3) is 0.273. The molecule has 1 amide bonds. The first-order valence-electron chi connectivity index (χ1n) is 6.58.